The van der Waals surface area contributed by atoms with Gasteiger partial charge in [0.25, 0.3) is 0 Å². The molecule has 0 atom stereocenters. The molecule has 0 aromatic carbocycles. The average molecular weight is 254 g/mol. The number of thioether (sulfide) groups is 1. The summed E-state index contributed by atoms with van der Waals surface area (Å²) in [5.41, 5.74) is 5.20. The Morgan fingerprint density at radius 1 is 1.53 bits per heavy atom. The third-order valence-electron chi connectivity index (χ3n) is 2.61. The molecule has 1 saturated carbocycles. The quantitative estimate of drug-likeness (QED) is 0.781. The van der Waals surface area contributed by atoms with Crippen LogP contribution >= 0.6 is 11.8 Å². The van der Waals surface area contributed by atoms with Crippen LogP contribution < -0.4 is 5.73 Å². The molecule has 1 aliphatic rings. The largest absolute Gasteiger partial charge is 0.370 e. The highest BCUT2D eigenvalue weighted by Crippen LogP contribution is 2.40. The van der Waals surface area contributed by atoms with E-state index < -0.39 is 0 Å². The molecule has 0 radical (unpaired) electrons. The normalized spacial score (nSPS) is 15.5. The van der Waals surface area contributed by atoms with Crippen molar-refractivity contribution < 1.29 is 4.79 Å². The van der Waals surface area contributed by atoms with Gasteiger partial charge in [-0.15, -0.1) is 10.2 Å². The Balaban J connectivity index is 2.16. The molecule has 1 aromatic heterocycles. The number of nitrogens with zero attached hydrogens (tertiary/aromatic N) is 3. The fourth-order valence-electron chi connectivity index (χ4n) is 1.67. The lowest BCUT2D eigenvalue weighted by molar-refractivity contribution is -0.118. The molecule has 6 heteroatoms. The zero-order chi connectivity index (χ0) is 12.4. The van der Waals surface area contributed by atoms with Crippen LogP contribution in [0.15, 0.2) is 5.16 Å². The van der Waals surface area contributed by atoms with Crippen LogP contribution in [0.2, 0.25) is 0 Å². The Labute approximate surface area is 105 Å². The minimum absolute atomic E-state index is 0.277. The van der Waals surface area contributed by atoms with Gasteiger partial charge in [-0.05, 0) is 12.8 Å². The standard InChI is InChI=1S/C11H18N4OS/c1-7(2)17-11-14-13-10(8-3-4-8)15(11)6-5-9(12)16/h7-8H,3-6H2,1-2H3,(H2,12,16). The molecule has 2 N–H and O–H groups in total. The van der Waals surface area contributed by atoms with E-state index in [1.54, 1.807) is 11.8 Å². The van der Waals surface area contributed by atoms with Crippen molar-refractivity contribution in [1.29, 1.82) is 0 Å². The molecule has 1 aromatic rings. The van der Waals surface area contributed by atoms with E-state index in [4.69, 9.17) is 5.73 Å². The van der Waals surface area contributed by atoms with Crippen molar-refractivity contribution in [2.24, 2.45) is 5.73 Å². The van der Waals surface area contributed by atoms with E-state index in [2.05, 4.69) is 28.6 Å². The third-order valence-corrected chi connectivity index (χ3v) is 3.60. The van der Waals surface area contributed by atoms with Crippen LogP contribution in [-0.2, 0) is 11.3 Å². The van der Waals surface area contributed by atoms with Crippen LogP contribution in [-0.4, -0.2) is 25.9 Å². The van der Waals surface area contributed by atoms with Gasteiger partial charge in [-0.3, -0.25) is 4.79 Å². The molecule has 0 spiro atoms. The minimum Gasteiger partial charge on any atom is -0.370 e. The van der Waals surface area contributed by atoms with E-state index >= 15 is 0 Å². The van der Waals surface area contributed by atoms with Crippen molar-refractivity contribution in [3.63, 3.8) is 0 Å². The molecule has 0 bridgehead atoms. The Bertz CT molecular complexity index is 412. The SMILES string of the molecule is CC(C)Sc1nnc(C2CC2)n1CCC(N)=O. The van der Waals surface area contributed by atoms with Gasteiger partial charge in [0, 0.05) is 24.1 Å². The number of primary amides is 1. The second kappa shape index (κ2) is 5.08. The minimum atomic E-state index is -0.277. The van der Waals surface area contributed by atoms with E-state index in [9.17, 15) is 4.79 Å². The first-order valence-corrected chi connectivity index (χ1v) is 6.84. The van der Waals surface area contributed by atoms with Gasteiger partial charge in [0.15, 0.2) is 5.16 Å². The number of rotatable bonds is 6. The fourth-order valence-corrected chi connectivity index (χ4v) is 2.50. The summed E-state index contributed by atoms with van der Waals surface area (Å²) in [4.78, 5) is 10.9. The molecule has 1 fully saturated rings. The van der Waals surface area contributed by atoms with Gasteiger partial charge < -0.3 is 10.3 Å². The highest BCUT2D eigenvalue weighted by Gasteiger charge is 2.30. The van der Waals surface area contributed by atoms with Gasteiger partial charge in [0.05, 0.1) is 0 Å². The highest BCUT2D eigenvalue weighted by atomic mass is 32.2. The molecule has 0 saturated heterocycles. The first kappa shape index (κ1) is 12.4. The summed E-state index contributed by atoms with van der Waals surface area (Å²) in [5, 5.41) is 9.83. The zero-order valence-corrected chi connectivity index (χ0v) is 11.0. The van der Waals surface area contributed by atoms with Gasteiger partial charge >= 0.3 is 0 Å². The summed E-state index contributed by atoms with van der Waals surface area (Å²) in [6, 6.07) is 0. The zero-order valence-electron chi connectivity index (χ0n) is 10.2. The predicted octanol–water partition coefficient (Wildman–Crippen LogP) is 1.53. The van der Waals surface area contributed by atoms with Gasteiger partial charge in [-0.1, -0.05) is 25.6 Å². The maximum Gasteiger partial charge on any atom is 0.219 e. The number of hydrogen-bond acceptors (Lipinski definition) is 4. The van der Waals surface area contributed by atoms with Crippen molar-refractivity contribution >= 4 is 17.7 Å². The summed E-state index contributed by atoms with van der Waals surface area (Å²) < 4.78 is 2.06. The molecular formula is C11H18N4OS. The van der Waals surface area contributed by atoms with Crippen LogP contribution in [0.5, 0.6) is 0 Å². The summed E-state index contributed by atoms with van der Waals surface area (Å²) in [6.07, 6.45) is 2.71. The molecule has 0 unspecified atom stereocenters. The van der Waals surface area contributed by atoms with Crippen molar-refractivity contribution in [3.8, 4) is 0 Å². The Hall–Kier alpha value is -1.04. The Morgan fingerprint density at radius 3 is 2.76 bits per heavy atom. The first-order chi connectivity index (χ1) is 8.08. The van der Waals surface area contributed by atoms with Crippen molar-refractivity contribution in [3.05, 3.63) is 5.82 Å². The molecule has 0 aliphatic heterocycles. The number of hydrogen-bond donors (Lipinski definition) is 1. The number of carbonyl (C=O) groups is 1. The van der Waals surface area contributed by atoms with Gasteiger partial charge in [0.2, 0.25) is 5.91 Å². The van der Waals surface area contributed by atoms with E-state index in [1.807, 2.05) is 0 Å². The Morgan fingerprint density at radius 2 is 2.24 bits per heavy atom. The van der Waals surface area contributed by atoms with E-state index in [1.165, 1.54) is 12.8 Å². The number of amides is 1. The van der Waals surface area contributed by atoms with Crippen LogP contribution in [0.4, 0.5) is 0 Å². The smallest absolute Gasteiger partial charge is 0.219 e. The molecular weight excluding hydrogens is 236 g/mol. The average Bonchev–Trinajstić information content (AvgIpc) is 2.99. The van der Waals surface area contributed by atoms with Crippen LogP contribution in [0.25, 0.3) is 0 Å². The van der Waals surface area contributed by atoms with Crippen molar-refractivity contribution in [2.75, 3.05) is 0 Å². The second-order valence-corrected chi connectivity index (χ2v) is 6.19. The molecule has 1 heterocycles. The molecule has 5 nitrogen and oxygen atoms in total. The van der Waals surface area contributed by atoms with Crippen molar-refractivity contribution in [1.82, 2.24) is 14.8 Å². The van der Waals surface area contributed by atoms with Crippen molar-refractivity contribution in [2.45, 2.75) is 56.0 Å². The lowest BCUT2D eigenvalue weighted by Crippen LogP contribution is -2.15. The summed E-state index contributed by atoms with van der Waals surface area (Å²) >= 11 is 1.68. The maximum atomic E-state index is 10.9. The van der Waals surface area contributed by atoms with Crippen LogP contribution in [0, 0.1) is 0 Å². The molecule has 94 valence electrons. The van der Waals surface area contributed by atoms with E-state index in [0.29, 0.717) is 24.1 Å². The predicted molar refractivity (Wildman–Crippen MR) is 66.8 cm³/mol. The third kappa shape index (κ3) is 3.21. The summed E-state index contributed by atoms with van der Waals surface area (Å²) in [6.45, 7) is 4.84. The van der Waals surface area contributed by atoms with Crippen LogP contribution in [0.1, 0.15) is 44.9 Å². The lowest BCUT2D eigenvalue weighted by atomic mass is 10.3. The Kier molecular flexibility index (Phi) is 3.71. The number of carbonyl (C=O) groups excluding carboxylic acids is 1. The summed E-state index contributed by atoms with van der Waals surface area (Å²) in [5.74, 6) is 1.28. The topological polar surface area (TPSA) is 73.8 Å². The number of aromatic nitrogens is 3. The second-order valence-electron chi connectivity index (χ2n) is 4.65. The number of nitrogens with two attached hydrogens (primary N) is 1. The molecule has 17 heavy (non-hydrogen) atoms. The van der Waals surface area contributed by atoms with E-state index in [-0.39, 0.29) is 5.91 Å². The molecule has 2 rings (SSSR count). The first-order valence-electron chi connectivity index (χ1n) is 5.96. The maximum absolute atomic E-state index is 10.9. The molecule has 1 aliphatic carbocycles. The van der Waals surface area contributed by atoms with Gasteiger partial charge in [0.1, 0.15) is 5.82 Å². The highest BCUT2D eigenvalue weighted by molar-refractivity contribution is 7.99. The van der Waals surface area contributed by atoms with E-state index in [0.717, 1.165) is 11.0 Å². The van der Waals surface area contributed by atoms with Gasteiger partial charge in [-0.2, -0.15) is 0 Å². The molecule has 1 amide bonds. The van der Waals surface area contributed by atoms with Crippen LogP contribution in [0.3, 0.4) is 0 Å². The monoisotopic (exact) mass is 254 g/mol. The summed E-state index contributed by atoms with van der Waals surface area (Å²) in [7, 11) is 0. The van der Waals surface area contributed by atoms with Gasteiger partial charge in [-0.25, -0.2) is 0 Å². The fraction of sp³-hybridized carbons (Fsp3) is 0.727. The lowest BCUT2D eigenvalue weighted by Gasteiger charge is -2.09.